The van der Waals surface area contributed by atoms with E-state index in [9.17, 15) is 9.90 Å². The molecule has 31 heavy (non-hydrogen) atoms. The van der Waals surface area contributed by atoms with Gasteiger partial charge in [-0.2, -0.15) is 4.89 Å². The quantitative estimate of drug-likeness (QED) is 0.132. The number of alkyl halides is 1. The molecule has 0 aliphatic heterocycles. The number of aliphatic hydroxyl groups excluding tert-OH is 1. The van der Waals surface area contributed by atoms with E-state index in [1.165, 1.54) is 12.5 Å². The molecule has 0 amide bonds. The molecule has 6 heteroatoms. The van der Waals surface area contributed by atoms with Gasteiger partial charge in [0.05, 0.1) is 10.9 Å². The number of halogens is 1. The van der Waals surface area contributed by atoms with Crippen molar-refractivity contribution in [1.29, 1.82) is 0 Å². The van der Waals surface area contributed by atoms with Crippen LogP contribution in [0.15, 0.2) is 24.0 Å². The monoisotopic (exact) mass is 496 g/mol. The third-order valence-corrected chi connectivity index (χ3v) is 9.38. The van der Waals surface area contributed by atoms with Crippen molar-refractivity contribution in [2.24, 2.45) is 29.1 Å². The smallest absolute Gasteiger partial charge is 0.302 e. The number of carbonyl (C=O) groups is 1. The number of rotatable bonds is 6. The van der Waals surface area contributed by atoms with Crippen molar-refractivity contribution in [3.8, 4) is 0 Å². The summed E-state index contributed by atoms with van der Waals surface area (Å²) in [4.78, 5) is 23.0. The molecule has 9 atom stereocenters. The van der Waals surface area contributed by atoms with Gasteiger partial charge in [-0.05, 0) is 68.1 Å². The molecular formula is C25H37BrO5. The van der Waals surface area contributed by atoms with Crippen LogP contribution in [0.4, 0.5) is 0 Å². The Balaban J connectivity index is 1.49. The molecule has 4 unspecified atom stereocenters. The van der Waals surface area contributed by atoms with E-state index in [-0.39, 0.29) is 34.3 Å². The van der Waals surface area contributed by atoms with Gasteiger partial charge in [-0.1, -0.05) is 48.0 Å². The Kier molecular flexibility index (Phi) is 6.91. The second kappa shape index (κ2) is 9.18. The van der Waals surface area contributed by atoms with E-state index >= 15 is 0 Å². The summed E-state index contributed by atoms with van der Waals surface area (Å²) >= 11 is 3.78. The van der Waals surface area contributed by atoms with Crippen LogP contribution in [0.1, 0.15) is 72.1 Å². The summed E-state index contributed by atoms with van der Waals surface area (Å²) in [7, 11) is 0. The number of allylic oxidation sites excluding steroid dienone is 1. The Morgan fingerprint density at radius 1 is 1.32 bits per heavy atom. The number of hydrogen-bond donors (Lipinski definition) is 1. The predicted octanol–water partition coefficient (Wildman–Crippen LogP) is 5.47. The van der Waals surface area contributed by atoms with Crippen molar-refractivity contribution < 1.29 is 24.4 Å². The highest BCUT2D eigenvalue weighted by Crippen LogP contribution is 2.62. The molecule has 174 valence electrons. The number of ether oxygens (including phenoxy) is 1. The fraction of sp³-hybridized carbons (Fsp3) is 0.800. The Morgan fingerprint density at radius 2 is 2.10 bits per heavy atom. The van der Waals surface area contributed by atoms with Gasteiger partial charge in [0.2, 0.25) is 0 Å². The minimum Gasteiger partial charge on any atom is -0.461 e. The lowest BCUT2D eigenvalue weighted by molar-refractivity contribution is -0.301. The summed E-state index contributed by atoms with van der Waals surface area (Å²) in [6.07, 6.45) is 9.29. The minimum absolute atomic E-state index is 0.0137. The van der Waals surface area contributed by atoms with Crippen LogP contribution >= 0.6 is 15.9 Å². The first-order valence-corrected chi connectivity index (χ1v) is 12.9. The number of hydrogen-bond acceptors (Lipinski definition) is 5. The van der Waals surface area contributed by atoms with Crippen LogP contribution in [0.25, 0.3) is 0 Å². The van der Waals surface area contributed by atoms with E-state index in [0.29, 0.717) is 23.5 Å². The summed E-state index contributed by atoms with van der Waals surface area (Å²) in [5, 5.41) is 11.2. The van der Waals surface area contributed by atoms with Gasteiger partial charge in [-0.25, -0.2) is 0 Å². The van der Waals surface area contributed by atoms with Gasteiger partial charge in [0.1, 0.15) is 18.0 Å². The van der Waals surface area contributed by atoms with E-state index in [4.69, 9.17) is 14.5 Å². The number of carbonyl (C=O) groups excluding carboxylic acids is 1. The normalized spacial score (nSPS) is 43.8. The second-order valence-electron chi connectivity index (χ2n) is 10.3. The van der Waals surface area contributed by atoms with Crippen LogP contribution in [-0.2, 0) is 19.3 Å². The molecule has 0 saturated heterocycles. The van der Waals surface area contributed by atoms with E-state index in [1.54, 1.807) is 0 Å². The highest BCUT2D eigenvalue weighted by atomic mass is 79.9. The first-order valence-electron chi connectivity index (χ1n) is 12.0. The summed E-state index contributed by atoms with van der Waals surface area (Å²) < 4.78 is 5.70. The summed E-state index contributed by atoms with van der Waals surface area (Å²) in [6, 6.07) is 0. The van der Waals surface area contributed by atoms with E-state index in [1.807, 2.05) is 0 Å². The lowest BCUT2D eigenvalue weighted by atomic mass is 9.50. The maximum Gasteiger partial charge on any atom is 0.302 e. The molecule has 0 heterocycles. The lowest BCUT2D eigenvalue weighted by Crippen LogP contribution is -2.52. The SMILES string of the molecule is C=C(CCC)OO[C@H]1CC[C@@]2(C)C(=C[C@H](O)C3C4C[C@@H](Br)C(OC(C)=O)[C@H]4CCC32)C1. The zero-order valence-electron chi connectivity index (χ0n) is 19.0. The standard InChI is InChI=1S/C25H37BrO5/c1-5-6-14(2)30-31-17-9-10-25(4)16(11-17)12-22(28)23-19-13-21(26)24(29-15(3)27)18(19)7-8-20(23)25/h12,17-24,28H,2,5-11,13H2,1,3-4H3/t17-,18-,19?,20?,21+,22-,23?,24?,25-/m0/s1. The topological polar surface area (TPSA) is 65.0 Å². The number of esters is 1. The van der Waals surface area contributed by atoms with Crippen LogP contribution in [0.3, 0.4) is 0 Å². The second-order valence-corrected chi connectivity index (χ2v) is 11.5. The summed E-state index contributed by atoms with van der Waals surface area (Å²) in [5.74, 6) is 1.87. The van der Waals surface area contributed by atoms with Crippen LogP contribution in [0.2, 0.25) is 0 Å². The molecule has 0 bridgehead atoms. The first kappa shape index (κ1) is 23.3. The van der Waals surface area contributed by atoms with Crippen molar-refractivity contribution in [2.75, 3.05) is 0 Å². The van der Waals surface area contributed by atoms with E-state index in [2.05, 4.69) is 42.4 Å². The molecule has 4 rings (SSSR count). The number of fused-ring (bicyclic) bond motifs is 5. The van der Waals surface area contributed by atoms with Gasteiger partial charge in [0.15, 0.2) is 0 Å². The molecule has 1 N–H and O–H groups in total. The maximum absolute atomic E-state index is 11.6. The Labute approximate surface area is 194 Å². The van der Waals surface area contributed by atoms with Gasteiger partial charge in [-0.3, -0.25) is 4.79 Å². The van der Waals surface area contributed by atoms with Gasteiger partial charge in [-0.15, -0.1) is 0 Å². The average Bonchev–Trinajstić information content (AvgIpc) is 3.02. The molecule has 0 aromatic rings. The first-order chi connectivity index (χ1) is 14.7. The molecule has 4 aliphatic carbocycles. The van der Waals surface area contributed by atoms with E-state index < -0.39 is 6.10 Å². The zero-order valence-corrected chi connectivity index (χ0v) is 20.6. The molecule has 5 nitrogen and oxygen atoms in total. The molecule has 0 aromatic heterocycles. The fourth-order valence-corrected chi connectivity index (χ4v) is 8.02. The Morgan fingerprint density at radius 3 is 2.81 bits per heavy atom. The van der Waals surface area contributed by atoms with Crippen molar-refractivity contribution in [1.82, 2.24) is 0 Å². The third kappa shape index (κ3) is 4.37. The third-order valence-electron chi connectivity index (χ3n) is 8.48. The fourth-order valence-electron chi connectivity index (χ4n) is 7.09. The molecule has 0 radical (unpaired) electrons. The molecule has 4 aliphatic rings. The molecule has 0 spiro atoms. The van der Waals surface area contributed by atoms with Crippen LogP contribution in [0, 0.1) is 29.1 Å². The minimum atomic E-state index is -0.452. The van der Waals surface area contributed by atoms with Crippen molar-refractivity contribution in [3.63, 3.8) is 0 Å². The highest BCUT2D eigenvalue weighted by Gasteiger charge is 2.59. The molecule has 3 saturated carbocycles. The van der Waals surface area contributed by atoms with Crippen LogP contribution < -0.4 is 0 Å². The van der Waals surface area contributed by atoms with E-state index in [0.717, 1.165) is 51.4 Å². The molecule has 0 aromatic carbocycles. The van der Waals surface area contributed by atoms with Crippen molar-refractivity contribution in [3.05, 3.63) is 24.0 Å². The number of aliphatic hydroxyl groups is 1. The average molecular weight is 497 g/mol. The predicted molar refractivity (Wildman–Crippen MR) is 122 cm³/mol. The van der Waals surface area contributed by atoms with Crippen molar-refractivity contribution >= 4 is 21.9 Å². The lowest BCUT2D eigenvalue weighted by Gasteiger charge is -2.56. The van der Waals surface area contributed by atoms with Crippen molar-refractivity contribution in [2.45, 2.75) is 95.3 Å². The maximum atomic E-state index is 11.6. The van der Waals surface area contributed by atoms with Gasteiger partial charge >= 0.3 is 5.97 Å². The Hall–Kier alpha value is -0.850. The Bertz CT molecular complexity index is 735. The van der Waals surface area contributed by atoms with Crippen LogP contribution in [0.5, 0.6) is 0 Å². The van der Waals surface area contributed by atoms with Gasteiger partial charge in [0.25, 0.3) is 0 Å². The summed E-state index contributed by atoms with van der Waals surface area (Å²) in [5.41, 5.74) is 1.42. The van der Waals surface area contributed by atoms with Gasteiger partial charge < -0.3 is 14.7 Å². The highest BCUT2D eigenvalue weighted by molar-refractivity contribution is 9.09. The summed E-state index contributed by atoms with van der Waals surface area (Å²) in [6.45, 7) is 9.89. The van der Waals surface area contributed by atoms with Gasteiger partial charge in [0, 0.05) is 19.3 Å². The zero-order chi connectivity index (χ0) is 22.3. The molecule has 3 fully saturated rings. The van der Waals surface area contributed by atoms with Crippen LogP contribution in [-0.4, -0.2) is 34.2 Å². The largest absolute Gasteiger partial charge is 0.461 e. The molecular weight excluding hydrogens is 460 g/mol.